The number of nitrogens with zero attached hydrogens (tertiary/aromatic N) is 2. The molecule has 3 N–H and O–H groups in total. The quantitative estimate of drug-likeness (QED) is 0.721. The second kappa shape index (κ2) is 4.59. The number of amides is 1. The Morgan fingerprint density at radius 3 is 2.94 bits per heavy atom. The van der Waals surface area contributed by atoms with E-state index in [0.717, 1.165) is 5.56 Å². The van der Waals surface area contributed by atoms with E-state index in [-0.39, 0.29) is 5.91 Å². The van der Waals surface area contributed by atoms with E-state index in [2.05, 4.69) is 4.98 Å². The van der Waals surface area contributed by atoms with E-state index in [4.69, 9.17) is 5.73 Å². The van der Waals surface area contributed by atoms with Gasteiger partial charge in [0, 0.05) is 25.8 Å². The summed E-state index contributed by atoms with van der Waals surface area (Å²) in [5.41, 5.74) is 6.76. The summed E-state index contributed by atoms with van der Waals surface area (Å²) in [6.45, 7) is 1.42. The van der Waals surface area contributed by atoms with Gasteiger partial charge >= 0.3 is 0 Å². The van der Waals surface area contributed by atoms with Crippen LogP contribution in [-0.2, 0) is 6.54 Å². The molecule has 0 bridgehead atoms. The molecule has 0 radical (unpaired) electrons. The number of carbonyl (C=O) groups excluding carboxylic acids is 1. The topological polar surface area (TPSA) is 79.5 Å². The van der Waals surface area contributed by atoms with Crippen LogP contribution in [0.5, 0.6) is 0 Å². The molecule has 1 atom stereocenters. The lowest BCUT2D eigenvalue weighted by molar-refractivity contribution is 0.0759. The molecule has 5 heteroatoms. The molecule has 1 amide bonds. The Labute approximate surface area is 93.9 Å². The molecule has 1 aliphatic heterocycles. The Balaban J connectivity index is 2.08. The predicted molar refractivity (Wildman–Crippen MR) is 58.7 cm³/mol. The molecular weight excluding hydrogens is 206 g/mol. The Morgan fingerprint density at radius 1 is 1.62 bits per heavy atom. The molecule has 2 heterocycles. The van der Waals surface area contributed by atoms with E-state index in [9.17, 15) is 9.90 Å². The van der Waals surface area contributed by atoms with Crippen LogP contribution in [0.15, 0.2) is 18.3 Å². The molecule has 0 aromatic carbocycles. The summed E-state index contributed by atoms with van der Waals surface area (Å²) in [4.78, 5) is 17.6. The maximum absolute atomic E-state index is 11.9. The molecule has 1 aromatic rings. The van der Waals surface area contributed by atoms with Gasteiger partial charge in [-0.15, -0.1) is 0 Å². The highest BCUT2D eigenvalue weighted by atomic mass is 16.3. The maximum atomic E-state index is 11.9. The third-order valence-corrected chi connectivity index (χ3v) is 2.73. The molecule has 0 aliphatic carbocycles. The van der Waals surface area contributed by atoms with E-state index in [1.54, 1.807) is 23.2 Å². The van der Waals surface area contributed by atoms with Crippen molar-refractivity contribution < 1.29 is 9.90 Å². The van der Waals surface area contributed by atoms with Gasteiger partial charge in [-0.1, -0.05) is 6.07 Å². The van der Waals surface area contributed by atoms with Crippen molar-refractivity contribution in [3.63, 3.8) is 0 Å². The zero-order valence-corrected chi connectivity index (χ0v) is 8.97. The number of hydrogen-bond donors (Lipinski definition) is 2. The lowest BCUT2D eigenvalue weighted by Crippen LogP contribution is -2.30. The van der Waals surface area contributed by atoms with Gasteiger partial charge in [-0.05, 0) is 18.1 Å². The summed E-state index contributed by atoms with van der Waals surface area (Å²) in [5, 5.41) is 9.35. The molecule has 0 spiro atoms. The zero-order chi connectivity index (χ0) is 11.5. The summed E-state index contributed by atoms with van der Waals surface area (Å²) in [6, 6.07) is 3.47. The number of β-amino-alcohol motifs (C(OH)–C–C–N with tert-alkyl or cyclic N) is 1. The molecule has 1 aromatic heterocycles. The average molecular weight is 221 g/mol. The highest BCUT2D eigenvalue weighted by molar-refractivity contribution is 5.92. The number of nitrogens with two attached hydrogens (primary N) is 1. The molecule has 2 rings (SSSR count). The van der Waals surface area contributed by atoms with E-state index in [1.807, 2.05) is 0 Å². The third kappa shape index (κ3) is 2.20. The fourth-order valence-electron chi connectivity index (χ4n) is 1.76. The molecular formula is C11H15N3O2. The van der Waals surface area contributed by atoms with Gasteiger partial charge in [-0.2, -0.15) is 0 Å². The first-order valence-corrected chi connectivity index (χ1v) is 5.33. The number of aliphatic hydroxyl groups excluding tert-OH is 1. The first-order valence-electron chi connectivity index (χ1n) is 5.33. The summed E-state index contributed by atoms with van der Waals surface area (Å²) >= 11 is 0. The Hall–Kier alpha value is -1.46. The molecule has 1 fully saturated rings. The van der Waals surface area contributed by atoms with E-state index >= 15 is 0 Å². The summed E-state index contributed by atoms with van der Waals surface area (Å²) in [5.74, 6) is -0.125. The van der Waals surface area contributed by atoms with Crippen LogP contribution in [0.25, 0.3) is 0 Å². The summed E-state index contributed by atoms with van der Waals surface area (Å²) in [7, 11) is 0. The van der Waals surface area contributed by atoms with Gasteiger partial charge in [0.15, 0.2) is 0 Å². The summed E-state index contributed by atoms with van der Waals surface area (Å²) < 4.78 is 0. The predicted octanol–water partition coefficient (Wildman–Crippen LogP) is -0.253. The first kappa shape index (κ1) is 11.0. The van der Waals surface area contributed by atoms with Crippen LogP contribution >= 0.6 is 0 Å². The number of pyridine rings is 1. The zero-order valence-electron chi connectivity index (χ0n) is 8.97. The number of hydrogen-bond acceptors (Lipinski definition) is 4. The molecule has 5 nitrogen and oxygen atoms in total. The van der Waals surface area contributed by atoms with Crippen molar-refractivity contribution in [2.75, 3.05) is 13.1 Å². The van der Waals surface area contributed by atoms with E-state index in [0.29, 0.717) is 31.7 Å². The monoisotopic (exact) mass is 221 g/mol. The van der Waals surface area contributed by atoms with Crippen molar-refractivity contribution in [1.29, 1.82) is 0 Å². The van der Waals surface area contributed by atoms with Gasteiger partial charge in [-0.25, -0.2) is 0 Å². The first-order chi connectivity index (χ1) is 7.70. The van der Waals surface area contributed by atoms with Crippen LogP contribution in [0, 0.1) is 0 Å². The minimum Gasteiger partial charge on any atom is -0.391 e. The third-order valence-electron chi connectivity index (χ3n) is 2.73. The SMILES string of the molecule is NCc1ccc(C(=O)N2CC[C@H](O)C2)nc1. The molecule has 16 heavy (non-hydrogen) atoms. The minimum absolute atomic E-state index is 0.125. The lowest BCUT2D eigenvalue weighted by atomic mass is 10.2. The lowest BCUT2D eigenvalue weighted by Gasteiger charge is -2.14. The smallest absolute Gasteiger partial charge is 0.272 e. The molecule has 1 aliphatic rings. The van der Waals surface area contributed by atoms with Gasteiger partial charge in [0.25, 0.3) is 5.91 Å². The van der Waals surface area contributed by atoms with Crippen molar-refractivity contribution in [2.45, 2.75) is 19.1 Å². The normalized spacial score (nSPS) is 20.1. The standard InChI is InChI=1S/C11H15N3O2/c12-5-8-1-2-10(13-6-8)11(16)14-4-3-9(15)7-14/h1-2,6,9,15H,3-5,7,12H2/t9-/m0/s1. The van der Waals surface area contributed by atoms with E-state index in [1.165, 1.54) is 0 Å². The Morgan fingerprint density at radius 2 is 2.44 bits per heavy atom. The number of carbonyl (C=O) groups is 1. The van der Waals surface area contributed by atoms with Crippen LogP contribution in [0.3, 0.4) is 0 Å². The second-order valence-corrected chi connectivity index (χ2v) is 3.95. The Kier molecular flexibility index (Phi) is 3.17. The van der Waals surface area contributed by atoms with E-state index < -0.39 is 6.10 Å². The maximum Gasteiger partial charge on any atom is 0.272 e. The van der Waals surface area contributed by atoms with Gasteiger partial charge in [0.05, 0.1) is 6.10 Å². The van der Waals surface area contributed by atoms with Gasteiger partial charge in [-0.3, -0.25) is 9.78 Å². The number of rotatable bonds is 2. The molecule has 0 saturated carbocycles. The van der Waals surface area contributed by atoms with Crippen LogP contribution in [0.4, 0.5) is 0 Å². The van der Waals surface area contributed by atoms with Crippen LogP contribution < -0.4 is 5.73 Å². The van der Waals surface area contributed by atoms with Crippen LogP contribution in [0.1, 0.15) is 22.5 Å². The fourth-order valence-corrected chi connectivity index (χ4v) is 1.76. The molecule has 0 unspecified atom stereocenters. The average Bonchev–Trinajstić information content (AvgIpc) is 2.75. The Bertz CT molecular complexity index is 377. The second-order valence-electron chi connectivity index (χ2n) is 3.95. The van der Waals surface area contributed by atoms with Crippen molar-refractivity contribution in [1.82, 2.24) is 9.88 Å². The number of aromatic nitrogens is 1. The molecule has 1 saturated heterocycles. The van der Waals surface area contributed by atoms with Crippen LogP contribution in [0.2, 0.25) is 0 Å². The summed E-state index contributed by atoms with van der Waals surface area (Å²) in [6.07, 6.45) is 1.86. The minimum atomic E-state index is -0.396. The van der Waals surface area contributed by atoms with Crippen molar-refractivity contribution in [3.05, 3.63) is 29.6 Å². The van der Waals surface area contributed by atoms with Crippen molar-refractivity contribution >= 4 is 5.91 Å². The highest BCUT2D eigenvalue weighted by Crippen LogP contribution is 2.12. The largest absolute Gasteiger partial charge is 0.391 e. The van der Waals surface area contributed by atoms with Gasteiger partial charge < -0.3 is 15.7 Å². The highest BCUT2D eigenvalue weighted by Gasteiger charge is 2.25. The number of likely N-dealkylation sites (tertiary alicyclic amines) is 1. The van der Waals surface area contributed by atoms with Gasteiger partial charge in [0.2, 0.25) is 0 Å². The van der Waals surface area contributed by atoms with Crippen molar-refractivity contribution in [2.24, 2.45) is 5.73 Å². The molecule has 86 valence electrons. The van der Waals surface area contributed by atoms with Crippen molar-refractivity contribution in [3.8, 4) is 0 Å². The van der Waals surface area contributed by atoms with Crippen LogP contribution in [-0.4, -0.2) is 40.1 Å². The fraction of sp³-hybridized carbons (Fsp3) is 0.455. The van der Waals surface area contributed by atoms with Gasteiger partial charge in [0.1, 0.15) is 5.69 Å². The number of aliphatic hydroxyl groups is 1.